The first-order chi connectivity index (χ1) is 10.1. The molecule has 112 valence electrons. The lowest BCUT2D eigenvalue weighted by atomic mass is 10.2. The van der Waals surface area contributed by atoms with Crippen LogP contribution in [0.25, 0.3) is 0 Å². The van der Waals surface area contributed by atoms with Crippen molar-refractivity contribution < 1.29 is 9.53 Å². The summed E-state index contributed by atoms with van der Waals surface area (Å²) in [5.41, 5.74) is 2.27. The van der Waals surface area contributed by atoms with E-state index < -0.39 is 0 Å². The van der Waals surface area contributed by atoms with E-state index in [1.807, 2.05) is 62.6 Å². The zero-order valence-corrected chi connectivity index (χ0v) is 13.0. The molecule has 0 heterocycles. The van der Waals surface area contributed by atoms with Gasteiger partial charge in [-0.05, 0) is 17.7 Å². The van der Waals surface area contributed by atoms with E-state index in [2.05, 4.69) is 17.0 Å². The van der Waals surface area contributed by atoms with Gasteiger partial charge in [0.15, 0.2) is 0 Å². The summed E-state index contributed by atoms with van der Waals surface area (Å²) < 4.78 is 4.94. The number of carbonyl (C=O) groups is 1. The molecule has 0 radical (unpaired) electrons. The topological polar surface area (TPSA) is 29.5 Å². The minimum Gasteiger partial charge on any atom is -0.461 e. The SMILES string of the molecule is CCC(=O)OCc1ccccc1.CN(C)c1ccccc1. The van der Waals surface area contributed by atoms with Gasteiger partial charge in [-0.25, -0.2) is 0 Å². The highest BCUT2D eigenvalue weighted by Gasteiger charge is 1.97. The Hall–Kier alpha value is -2.29. The number of ether oxygens (including phenoxy) is 1. The van der Waals surface area contributed by atoms with Crippen molar-refractivity contribution in [2.45, 2.75) is 20.0 Å². The fraction of sp³-hybridized carbons (Fsp3) is 0.278. The van der Waals surface area contributed by atoms with Gasteiger partial charge in [-0.2, -0.15) is 0 Å². The molecule has 0 aliphatic rings. The fourth-order valence-corrected chi connectivity index (χ4v) is 1.57. The van der Waals surface area contributed by atoms with Crippen LogP contribution < -0.4 is 4.90 Å². The minimum absolute atomic E-state index is 0.154. The van der Waals surface area contributed by atoms with Crippen molar-refractivity contribution in [1.29, 1.82) is 0 Å². The Morgan fingerprint density at radius 1 is 0.952 bits per heavy atom. The van der Waals surface area contributed by atoms with Crippen LogP contribution in [0.1, 0.15) is 18.9 Å². The fourth-order valence-electron chi connectivity index (χ4n) is 1.57. The second kappa shape index (κ2) is 9.59. The molecule has 21 heavy (non-hydrogen) atoms. The Bertz CT molecular complexity index is 509. The molecule has 0 amide bonds. The normalized spacial score (nSPS) is 9.29. The third-order valence-electron chi connectivity index (χ3n) is 2.80. The van der Waals surface area contributed by atoms with E-state index in [1.165, 1.54) is 5.69 Å². The van der Waals surface area contributed by atoms with E-state index >= 15 is 0 Å². The number of para-hydroxylation sites is 1. The summed E-state index contributed by atoms with van der Waals surface area (Å²) in [5, 5.41) is 0. The van der Waals surface area contributed by atoms with Crippen molar-refractivity contribution in [3.8, 4) is 0 Å². The maximum absolute atomic E-state index is 10.8. The predicted molar refractivity (Wildman–Crippen MR) is 87.3 cm³/mol. The van der Waals surface area contributed by atoms with Crippen LogP contribution in [0.3, 0.4) is 0 Å². The quantitative estimate of drug-likeness (QED) is 0.798. The monoisotopic (exact) mass is 285 g/mol. The van der Waals surface area contributed by atoms with Gasteiger partial charge in [-0.1, -0.05) is 55.5 Å². The molecule has 0 saturated carbocycles. The molecule has 0 spiro atoms. The first-order valence-electron chi connectivity index (χ1n) is 7.05. The van der Waals surface area contributed by atoms with Crippen LogP contribution in [0.5, 0.6) is 0 Å². The highest BCUT2D eigenvalue weighted by molar-refractivity contribution is 5.68. The van der Waals surface area contributed by atoms with E-state index in [1.54, 1.807) is 6.92 Å². The number of rotatable bonds is 4. The van der Waals surface area contributed by atoms with Crippen LogP contribution in [-0.2, 0) is 16.1 Å². The Kier molecular flexibility index (Phi) is 7.65. The predicted octanol–water partition coefficient (Wildman–Crippen LogP) is 3.89. The van der Waals surface area contributed by atoms with Gasteiger partial charge in [-0.3, -0.25) is 4.79 Å². The maximum atomic E-state index is 10.8. The summed E-state index contributed by atoms with van der Waals surface area (Å²) in [5.74, 6) is -0.154. The average Bonchev–Trinajstić information content (AvgIpc) is 2.55. The van der Waals surface area contributed by atoms with Gasteiger partial charge in [0.25, 0.3) is 0 Å². The number of carbonyl (C=O) groups excluding carboxylic acids is 1. The number of benzene rings is 2. The molecule has 3 heteroatoms. The molecule has 2 aromatic rings. The Morgan fingerprint density at radius 3 is 1.90 bits per heavy atom. The second-order valence-corrected chi connectivity index (χ2v) is 4.73. The molecular formula is C18H23NO2. The highest BCUT2D eigenvalue weighted by Crippen LogP contribution is 2.07. The molecule has 0 unspecified atom stereocenters. The van der Waals surface area contributed by atoms with Crippen LogP contribution in [0.2, 0.25) is 0 Å². The molecule has 0 aliphatic carbocycles. The summed E-state index contributed by atoms with van der Waals surface area (Å²) >= 11 is 0. The van der Waals surface area contributed by atoms with Crippen LogP contribution >= 0.6 is 0 Å². The van der Waals surface area contributed by atoms with Gasteiger partial charge in [0.2, 0.25) is 0 Å². The molecule has 0 fully saturated rings. The maximum Gasteiger partial charge on any atom is 0.305 e. The van der Waals surface area contributed by atoms with Gasteiger partial charge < -0.3 is 9.64 Å². The van der Waals surface area contributed by atoms with Crippen molar-refractivity contribution in [2.24, 2.45) is 0 Å². The van der Waals surface area contributed by atoms with Gasteiger partial charge in [0.05, 0.1) is 0 Å². The van der Waals surface area contributed by atoms with Crippen LogP contribution in [0.4, 0.5) is 5.69 Å². The zero-order chi connectivity index (χ0) is 15.5. The first-order valence-corrected chi connectivity index (χ1v) is 7.05. The van der Waals surface area contributed by atoms with Crippen LogP contribution in [0, 0.1) is 0 Å². The molecule has 0 saturated heterocycles. The lowest BCUT2D eigenvalue weighted by Gasteiger charge is -2.10. The number of hydrogen-bond donors (Lipinski definition) is 0. The van der Waals surface area contributed by atoms with E-state index in [0.29, 0.717) is 13.0 Å². The largest absolute Gasteiger partial charge is 0.461 e. The van der Waals surface area contributed by atoms with Crippen LogP contribution in [0.15, 0.2) is 60.7 Å². The van der Waals surface area contributed by atoms with E-state index in [4.69, 9.17) is 4.74 Å². The van der Waals surface area contributed by atoms with Gasteiger partial charge in [0.1, 0.15) is 6.61 Å². The molecule has 0 aliphatic heterocycles. The Labute approximate surface area is 127 Å². The number of anilines is 1. The van der Waals surface area contributed by atoms with Crippen molar-refractivity contribution in [2.75, 3.05) is 19.0 Å². The molecule has 0 aromatic heterocycles. The molecular weight excluding hydrogens is 262 g/mol. The standard InChI is InChI=1S/C10H12O2.C8H11N/c1-2-10(11)12-8-9-6-4-3-5-7-9;1-9(2)8-6-4-3-5-7-8/h3-7H,2,8H2,1H3;3-7H,1-2H3. The smallest absolute Gasteiger partial charge is 0.305 e. The first kappa shape index (κ1) is 16.8. The molecule has 2 aromatic carbocycles. The van der Waals surface area contributed by atoms with Crippen molar-refractivity contribution in [3.05, 3.63) is 66.2 Å². The summed E-state index contributed by atoms with van der Waals surface area (Å²) in [4.78, 5) is 12.8. The molecule has 0 atom stereocenters. The van der Waals surface area contributed by atoms with Gasteiger partial charge in [-0.15, -0.1) is 0 Å². The third kappa shape index (κ3) is 7.16. The minimum atomic E-state index is -0.154. The third-order valence-corrected chi connectivity index (χ3v) is 2.80. The zero-order valence-electron chi connectivity index (χ0n) is 13.0. The lowest BCUT2D eigenvalue weighted by Crippen LogP contribution is -2.07. The summed E-state index contributed by atoms with van der Waals surface area (Å²) in [6.45, 7) is 2.17. The number of nitrogens with zero attached hydrogens (tertiary/aromatic N) is 1. The molecule has 2 rings (SSSR count). The number of esters is 1. The number of hydrogen-bond acceptors (Lipinski definition) is 3. The highest BCUT2D eigenvalue weighted by atomic mass is 16.5. The van der Waals surface area contributed by atoms with Crippen molar-refractivity contribution in [1.82, 2.24) is 0 Å². The Balaban J connectivity index is 0.000000219. The van der Waals surface area contributed by atoms with E-state index in [0.717, 1.165) is 5.56 Å². The van der Waals surface area contributed by atoms with Crippen molar-refractivity contribution in [3.63, 3.8) is 0 Å². The van der Waals surface area contributed by atoms with Gasteiger partial charge in [0, 0.05) is 26.2 Å². The van der Waals surface area contributed by atoms with Gasteiger partial charge >= 0.3 is 5.97 Å². The van der Waals surface area contributed by atoms with Crippen molar-refractivity contribution >= 4 is 11.7 Å². The summed E-state index contributed by atoms with van der Waals surface area (Å²) in [6.07, 6.45) is 0.437. The molecule has 0 N–H and O–H groups in total. The summed E-state index contributed by atoms with van der Waals surface area (Å²) in [6, 6.07) is 19.9. The molecule has 0 bridgehead atoms. The molecule has 3 nitrogen and oxygen atoms in total. The van der Waals surface area contributed by atoms with Crippen LogP contribution in [-0.4, -0.2) is 20.1 Å². The average molecular weight is 285 g/mol. The summed E-state index contributed by atoms with van der Waals surface area (Å²) in [7, 11) is 4.07. The second-order valence-electron chi connectivity index (χ2n) is 4.73. The van der Waals surface area contributed by atoms with E-state index in [-0.39, 0.29) is 5.97 Å². The Morgan fingerprint density at radius 2 is 1.48 bits per heavy atom. The lowest BCUT2D eigenvalue weighted by molar-refractivity contribution is -0.144. The van der Waals surface area contributed by atoms with E-state index in [9.17, 15) is 4.79 Å².